The Morgan fingerprint density at radius 1 is 0.900 bits per heavy atom. The molecule has 158 valence electrons. The van der Waals surface area contributed by atoms with Gasteiger partial charge < -0.3 is 29.4 Å². The van der Waals surface area contributed by atoms with Crippen molar-refractivity contribution in [1.82, 2.24) is 9.88 Å². The zero-order valence-corrected chi connectivity index (χ0v) is 17.9. The number of rotatable bonds is 7. The number of nitrogens with zero attached hydrogens (tertiary/aromatic N) is 1. The Labute approximate surface area is 176 Å². The molecule has 0 aliphatic carbocycles. The Balaban J connectivity index is 1.71. The normalized spacial score (nSPS) is 10.4. The lowest BCUT2D eigenvalue weighted by Gasteiger charge is -2.14. The van der Waals surface area contributed by atoms with E-state index in [1.165, 1.54) is 0 Å². The number of anilines is 1. The maximum Gasteiger partial charge on any atom is 0.319 e. The SMILES string of the molecule is COc1ccc(NC(=O)NCc2cc(C)n(-c3ccccc3OC)c2C)cc1OC. The first-order valence-corrected chi connectivity index (χ1v) is 9.56. The molecule has 0 aliphatic heterocycles. The molecule has 0 atom stereocenters. The van der Waals surface area contributed by atoms with Crippen molar-refractivity contribution in [2.24, 2.45) is 0 Å². The van der Waals surface area contributed by atoms with Crippen LogP contribution < -0.4 is 24.8 Å². The standard InChI is InChI=1S/C23H27N3O4/c1-15-12-17(16(2)26(15)19-8-6-7-9-20(19)28-3)14-24-23(27)25-18-10-11-21(29-4)22(13-18)30-5/h6-13H,14H2,1-5H3,(H2,24,25,27). The lowest BCUT2D eigenvalue weighted by atomic mass is 10.2. The van der Waals surface area contributed by atoms with Gasteiger partial charge in [-0.1, -0.05) is 12.1 Å². The molecule has 1 aromatic heterocycles. The molecule has 0 aliphatic rings. The third-order valence-corrected chi connectivity index (χ3v) is 4.94. The fourth-order valence-corrected chi connectivity index (χ4v) is 3.46. The monoisotopic (exact) mass is 409 g/mol. The predicted octanol–water partition coefficient (Wildman–Crippen LogP) is 4.44. The van der Waals surface area contributed by atoms with Gasteiger partial charge in [0.2, 0.25) is 0 Å². The Kier molecular flexibility index (Phi) is 6.51. The van der Waals surface area contributed by atoms with Crippen LogP contribution >= 0.6 is 0 Å². The summed E-state index contributed by atoms with van der Waals surface area (Å²) in [5.74, 6) is 1.95. The van der Waals surface area contributed by atoms with Gasteiger partial charge in [-0.3, -0.25) is 0 Å². The van der Waals surface area contributed by atoms with E-state index < -0.39 is 0 Å². The van der Waals surface area contributed by atoms with Gasteiger partial charge >= 0.3 is 6.03 Å². The number of methoxy groups -OCH3 is 3. The number of carbonyl (C=O) groups excluding carboxylic acids is 1. The molecule has 3 rings (SSSR count). The van der Waals surface area contributed by atoms with E-state index in [0.717, 1.165) is 28.4 Å². The molecule has 0 bridgehead atoms. The first kappa shape index (κ1) is 21.1. The number of benzene rings is 2. The van der Waals surface area contributed by atoms with Crippen molar-refractivity contribution >= 4 is 11.7 Å². The molecule has 2 aromatic carbocycles. The van der Waals surface area contributed by atoms with E-state index in [4.69, 9.17) is 14.2 Å². The molecular weight excluding hydrogens is 382 g/mol. The van der Waals surface area contributed by atoms with Crippen molar-refractivity contribution in [1.29, 1.82) is 0 Å². The molecular formula is C23H27N3O4. The summed E-state index contributed by atoms with van der Waals surface area (Å²) in [6.07, 6.45) is 0. The number of aryl methyl sites for hydroxylation is 1. The summed E-state index contributed by atoms with van der Waals surface area (Å²) in [6, 6.07) is 14.9. The molecule has 7 nitrogen and oxygen atoms in total. The number of para-hydroxylation sites is 2. The van der Waals surface area contributed by atoms with E-state index in [0.29, 0.717) is 23.7 Å². The molecule has 0 saturated carbocycles. The zero-order valence-electron chi connectivity index (χ0n) is 17.9. The van der Waals surface area contributed by atoms with Crippen LogP contribution in [0, 0.1) is 13.8 Å². The highest BCUT2D eigenvalue weighted by Crippen LogP contribution is 2.30. The van der Waals surface area contributed by atoms with Gasteiger partial charge in [0.05, 0.1) is 27.0 Å². The highest BCUT2D eigenvalue weighted by atomic mass is 16.5. The van der Waals surface area contributed by atoms with E-state index in [1.807, 2.05) is 38.1 Å². The number of hydrogen-bond acceptors (Lipinski definition) is 4. The smallest absolute Gasteiger partial charge is 0.319 e. The lowest BCUT2D eigenvalue weighted by Crippen LogP contribution is -2.28. The lowest BCUT2D eigenvalue weighted by molar-refractivity contribution is 0.251. The number of urea groups is 1. The zero-order chi connectivity index (χ0) is 21.7. The Hall–Kier alpha value is -3.61. The molecule has 1 heterocycles. The van der Waals surface area contributed by atoms with Gasteiger partial charge in [-0.15, -0.1) is 0 Å². The Morgan fingerprint density at radius 3 is 2.30 bits per heavy atom. The third-order valence-electron chi connectivity index (χ3n) is 4.94. The van der Waals surface area contributed by atoms with E-state index >= 15 is 0 Å². The minimum absolute atomic E-state index is 0.302. The van der Waals surface area contributed by atoms with Crippen LogP contribution in [0.1, 0.15) is 17.0 Å². The number of ether oxygens (including phenoxy) is 3. The van der Waals surface area contributed by atoms with Crippen molar-refractivity contribution in [3.8, 4) is 22.9 Å². The molecule has 0 unspecified atom stereocenters. The molecule has 0 fully saturated rings. The summed E-state index contributed by atoms with van der Waals surface area (Å²) < 4.78 is 18.1. The second kappa shape index (κ2) is 9.26. The molecule has 0 saturated heterocycles. The van der Waals surface area contributed by atoms with Gasteiger partial charge in [-0.2, -0.15) is 0 Å². The van der Waals surface area contributed by atoms with Crippen LogP contribution in [0.3, 0.4) is 0 Å². The largest absolute Gasteiger partial charge is 0.495 e. The minimum Gasteiger partial charge on any atom is -0.495 e. The van der Waals surface area contributed by atoms with Crippen LogP contribution in [0.5, 0.6) is 17.2 Å². The average molecular weight is 409 g/mol. The molecule has 0 radical (unpaired) electrons. The first-order chi connectivity index (χ1) is 14.5. The third kappa shape index (κ3) is 4.35. The number of nitrogens with one attached hydrogen (secondary N) is 2. The van der Waals surface area contributed by atoms with Crippen molar-refractivity contribution in [3.63, 3.8) is 0 Å². The van der Waals surface area contributed by atoms with Crippen LogP contribution in [-0.4, -0.2) is 31.9 Å². The van der Waals surface area contributed by atoms with Gasteiger partial charge in [-0.05, 0) is 49.7 Å². The maximum atomic E-state index is 12.4. The van der Waals surface area contributed by atoms with Crippen LogP contribution in [-0.2, 0) is 6.54 Å². The first-order valence-electron chi connectivity index (χ1n) is 9.56. The Morgan fingerprint density at radius 2 is 1.60 bits per heavy atom. The van der Waals surface area contributed by atoms with E-state index in [9.17, 15) is 4.79 Å². The summed E-state index contributed by atoms with van der Waals surface area (Å²) in [5, 5.41) is 5.72. The number of aromatic nitrogens is 1. The van der Waals surface area contributed by atoms with Crippen LogP contribution in [0.25, 0.3) is 5.69 Å². The van der Waals surface area contributed by atoms with Crippen molar-refractivity contribution in [2.45, 2.75) is 20.4 Å². The molecule has 3 aromatic rings. The van der Waals surface area contributed by atoms with Crippen molar-refractivity contribution < 1.29 is 19.0 Å². The highest BCUT2D eigenvalue weighted by Gasteiger charge is 2.14. The van der Waals surface area contributed by atoms with Crippen molar-refractivity contribution in [3.05, 3.63) is 65.5 Å². The maximum absolute atomic E-state index is 12.4. The molecule has 0 spiro atoms. The average Bonchev–Trinajstić information content (AvgIpc) is 3.04. The molecule has 30 heavy (non-hydrogen) atoms. The Bertz CT molecular complexity index is 1040. The molecule has 2 N–H and O–H groups in total. The fourth-order valence-electron chi connectivity index (χ4n) is 3.46. The topological polar surface area (TPSA) is 73.8 Å². The summed E-state index contributed by atoms with van der Waals surface area (Å²) in [6.45, 7) is 4.46. The highest BCUT2D eigenvalue weighted by molar-refractivity contribution is 5.89. The van der Waals surface area contributed by atoms with Crippen LogP contribution in [0.15, 0.2) is 48.5 Å². The number of amides is 2. The van der Waals surface area contributed by atoms with Gasteiger partial charge in [0.25, 0.3) is 0 Å². The van der Waals surface area contributed by atoms with Gasteiger partial charge in [0, 0.05) is 29.7 Å². The summed E-state index contributed by atoms with van der Waals surface area (Å²) >= 11 is 0. The van der Waals surface area contributed by atoms with Gasteiger partial charge in [0.1, 0.15) is 5.75 Å². The summed E-state index contributed by atoms with van der Waals surface area (Å²) in [5.41, 5.74) is 4.72. The second-order valence-electron chi connectivity index (χ2n) is 6.78. The summed E-state index contributed by atoms with van der Waals surface area (Å²) in [7, 11) is 4.78. The number of carbonyl (C=O) groups is 1. The number of hydrogen-bond donors (Lipinski definition) is 2. The summed E-state index contributed by atoms with van der Waals surface area (Å²) in [4.78, 5) is 12.4. The second-order valence-corrected chi connectivity index (χ2v) is 6.78. The van der Waals surface area contributed by atoms with E-state index in [-0.39, 0.29) is 6.03 Å². The van der Waals surface area contributed by atoms with Gasteiger partial charge in [-0.25, -0.2) is 4.79 Å². The van der Waals surface area contributed by atoms with E-state index in [2.05, 4.69) is 21.3 Å². The van der Waals surface area contributed by atoms with Gasteiger partial charge in [0.15, 0.2) is 11.5 Å². The quantitative estimate of drug-likeness (QED) is 0.605. The van der Waals surface area contributed by atoms with Crippen molar-refractivity contribution in [2.75, 3.05) is 26.6 Å². The fraction of sp³-hybridized carbons (Fsp3) is 0.261. The minimum atomic E-state index is -0.302. The van der Waals surface area contributed by atoms with Crippen LogP contribution in [0.4, 0.5) is 10.5 Å². The predicted molar refractivity (Wildman–Crippen MR) is 117 cm³/mol. The molecule has 7 heteroatoms. The molecule has 2 amide bonds. The van der Waals surface area contributed by atoms with E-state index in [1.54, 1.807) is 39.5 Å². The van der Waals surface area contributed by atoms with Crippen LogP contribution in [0.2, 0.25) is 0 Å².